The van der Waals surface area contributed by atoms with Gasteiger partial charge >= 0.3 is 0 Å². The van der Waals surface area contributed by atoms with Crippen LogP contribution in [0.1, 0.15) is 48.2 Å². The first-order valence-electron chi connectivity index (χ1n) is 7.08. The number of carbonyl (C=O) groups is 1. The summed E-state index contributed by atoms with van der Waals surface area (Å²) in [7, 11) is 0. The summed E-state index contributed by atoms with van der Waals surface area (Å²) >= 11 is 5.92. The van der Waals surface area contributed by atoms with Crippen molar-refractivity contribution in [3.05, 3.63) is 34.9 Å². The SMILES string of the molecule is CC(C)CC(CCl)NC(=O)c1ccc2c(c1)CCC2. The van der Waals surface area contributed by atoms with Crippen molar-refractivity contribution >= 4 is 17.5 Å². The lowest BCUT2D eigenvalue weighted by Crippen LogP contribution is -2.37. The van der Waals surface area contributed by atoms with Crippen LogP contribution in [0.3, 0.4) is 0 Å². The first-order chi connectivity index (χ1) is 9.10. The molecule has 1 aromatic carbocycles. The lowest BCUT2D eigenvalue weighted by atomic mass is 10.0. The summed E-state index contributed by atoms with van der Waals surface area (Å²) in [5.74, 6) is 1.000. The molecular formula is C16H22ClNO. The number of nitrogens with one attached hydrogen (secondary N) is 1. The minimum absolute atomic E-state index is 0.000926. The summed E-state index contributed by atoms with van der Waals surface area (Å²) in [6, 6.07) is 6.12. The molecule has 0 saturated carbocycles. The van der Waals surface area contributed by atoms with Crippen LogP contribution in [-0.4, -0.2) is 17.8 Å². The molecule has 1 N–H and O–H groups in total. The molecule has 1 amide bonds. The maximum Gasteiger partial charge on any atom is 0.251 e. The van der Waals surface area contributed by atoms with E-state index >= 15 is 0 Å². The Morgan fingerprint density at radius 3 is 2.74 bits per heavy atom. The van der Waals surface area contributed by atoms with Crippen LogP contribution in [0.5, 0.6) is 0 Å². The van der Waals surface area contributed by atoms with Gasteiger partial charge in [0.15, 0.2) is 0 Å². The van der Waals surface area contributed by atoms with E-state index in [-0.39, 0.29) is 11.9 Å². The van der Waals surface area contributed by atoms with Crippen LogP contribution in [0.2, 0.25) is 0 Å². The summed E-state index contributed by atoms with van der Waals surface area (Å²) in [6.45, 7) is 4.28. The van der Waals surface area contributed by atoms with Crippen LogP contribution in [0, 0.1) is 5.92 Å². The molecule has 19 heavy (non-hydrogen) atoms. The Kier molecular flexibility index (Phi) is 4.87. The minimum atomic E-state index is 0.000926. The highest BCUT2D eigenvalue weighted by Crippen LogP contribution is 2.22. The van der Waals surface area contributed by atoms with Gasteiger partial charge in [-0.2, -0.15) is 0 Å². The van der Waals surface area contributed by atoms with Crippen molar-refractivity contribution in [3.63, 3.8) is 0 Å². The molecule has 0 saturated heterocycles. The number of aryl methyl sites for hydroxylation is 2. The van der Waals surface area contributed by atoms with Gasteiger partial charge in [-0.05, 0) is 54.9 Å². The highest BCUT2D eigenvalue weighted by Gasteiger charge is 2.17. The smallest absolute Gasteiger partial charge is 0.251 e. The normalized spacial score (nSPS) is 15.4. The van der Waals surface area contributed by atoms with Crippen LogP contribution in [0.15, 0.2) is 18.2 Å². The van der Waals surface area contributed by atoms with E-state index in [4.69, 9.17) is 11.6 Å². The van der Waals surface area contributed by atoms with Crippen LogP contribution >= 0.6 is 11.6 Å². The first kappa shape index (κ1) is 14.4. The van der Waals surface area contributed by atoms with Crippen LogP contribution in [0.25, 0.3) is 0 Å². The molecule has 2 nitrogen and oxygen atoms in total. The van der Waals surface area contributed by atoms with Crippen LogP contribution in [-0.2, 0) is 12.8 Å². The Labute approximate surface area is 120 Å². The zero-order valence-electron chi connectivity index (χ0n) is 11.7. The van der Waals surface area contributed by atoms with Gasteiger partial charge in [-0.1, -0.05) is 19.9 Å². The van der Waals surface area contributed by atoms with Crippen molar-refractivity contribution in [1.29, 1.82) is 0 Å². The number of fused-ring (bicyclic) bond motifs is 1. The lowest BCUT2D eigenvalue weighted by Gasteiger charge is -2.18. The number of halogens is 1. The van der Waals surface area contributed by atoms with Gasteiger partial charge in [-0.25, -0.2) is 0 Å². The second-order valence-corrected chi connectivity index (χ2v) is 6.10. The number of hydrogen-bond donors (Lipinski definition) is 1. The molecule has 0 bridgehead atoms. The monoisotopic (exact) mass is 279 g/mol. The molecule has 0 aromatic heterocycles. The summed E-state index contributed by atoms with van der Waals surface area (Å²) in [5, 5.41) is 3.03. The maximum atomic E-state index is 12.2. The topological polar surface area (TPSA) is 29.1 Å². The molecule has 0 fully saturated rings. The third-order valence-corrected chi connectivity index (χ3v) is 4.01. The maximum absolute atomic E-state index is 12.2. The van der Waals surface area contributed by atoms with Gasteiger partial charge < -0.3 is 5.32 Å². The predicted octanol–water partition coefficient (Wildman–Crippen LogP) is 3.56. The fourth-order valence-corrected chi connectivity index (χ4v) is 2.91. The number of hydrogen-bond acceptors (Lipinski definition) is 1. The fourth-order valence-electron chi connectivity index (χ4n) is 2.71. The van der Waals surface area contributed by atoms with E-state index in [0.29, 0.717) is 11.8 Å². The summed E-state index contributed by atoms with van der Waals surface area (Å²) < 4.78 is 0. The zero-order valence-corrected chi connectivity index (χ0v) is 12.5. The molecule has 1 aliphatic rings. The molecule has 2 rings (SSSR count). The second-order valence-electron chi connectivity index (χ2n) is 5.79. The van der Waals surface area contributed by atoms with E-state index in [2.05, 4.69) is 25.2 Å². The Bertz CT molecular complexity index is 456. The fraction of sp³-hybridized carbons (Fsp3) is 0.562. The van der Waals surface area contributed by atoms with E-state index in [1.165, 1.54) is 17.5 Å². The number of rotatable bonds is 5. The standard InChI is InChI=1S/C16H22ClNO/c1-11(2)8-15(10-17)18-16(19)14-7-6-12-4-3-5-13(12)9-14/h6-7,9,11,15H,3-5,8,10H2,1-2H3,(H,18,19). The van der Waals surface area contributed by atoms with Crippen molar-refractivity contribution in [2.45, 2.75) is 45.6 Å². The van der Waals surface area contributed by atoms with Crippen molar-refractivity contribution in [2.24, 2.45) is 5.92 Å². The van der Waals surface area contributed by atoms with Gasteiger partial charge in [0.2, 0.25) is 0 Å². The molecule has 0 radical (unpaired) electrons. The third-order valence-electron chi connectivity index (χ3n) is 3.64. The van der Waals surface area contributed by atoms with Crippen molar-refractivity contribution in [2.75, 3.05) is 5.88 Å². The molecule has 0 spiro atoms. The number of amides is 1. The average Bonchev–Trinajstić information content (AvgIpc) is 2.84. The van der Waals surface area contributed by atoms with Gasteiger partial charge in [0.1, 0.15) is 0 Å². The van der Waals surface area contributed by atoms with E-state index in [1.54, 1.807) is 0 Å². The van der Waals surface area contributed by atoms with Crippen molar-refractivity contribution in [1.82, 2.24) is 5.32 Å². The van der Waals surface area contributed by atoms with Gasteiger partial charge in [0.25, 0.3) is 5.91 Å². The van der Waals surface area contributed by atoms with Gasteiger partial charge in [0.05, 0.1) is 0 Å². The van der Waals surface area contributed by atoms with E-state index in [9.17, 15) is 4.79 Å². The minimum Gasteiger partial charge on any atom is -0.348 e. The van der Waals surface area contributed by atoms with Gasteiger partial charge in [-0.3, -0.25) is 4.79 Å². The Hall–Kier alpha value is -1.02. The Balaban J connectivity index is 2.03. The molecule has 1 aromatic rings. The Morgan fingerprint density at radius 2 is 2.05 bits per heavy atom. The summed E-state index contributed by atoms with van der Waals surface area (Å²) in [4.78, 5) is 12.2. The molecule has 104 valence electrons. The highest BCUT2D eigenvalue weighted by molar-refractivity contribution is 6.18. The molecule has 0 heterocycles. The summed E-state index contributed by atoms with van der Waals surface area (Å²) in [5.41, 5.74) is 3.49. The predicted molar refractivity (Wildman–Crippen MR) is 79.9 cm³/mol. The molecule has 1 aliphatic carbocycles. The van der Waals surface area contributed by atoms with E-state index in [1.807, 2.05) is 12.1 Å². The zero-order chi connectivity index (χ0) is 13.8. The number of alkyl halides is 1. The van der Waals surface area contributed by atoms with Crippen LogP contribution < -0.4 is 5.32 Å². The molecular weight excluding hydrogens is 258 g/mol. The molecule has 1 unspecified atom stereocenters. The lowest BCUT2D eigenvalue weighted by molar-refractivity contribution is 0.0936. The Morgan fingerprint density at radius 1 is 1.32 bits per heavy atom. The van der Waals surface area contributed by atoms with Gasteiger partial charge in [0, 0.05) is 17.5 Å². The average molecular weight is 280 g/mol. The van der Waals surface area contributed by atoms with Crippen LogP contribution in [0.4, 0.5) is 0 Å². The van der Waals surface area contributed by atoms with E-state index < -0.39 is 0 Å². The first-order valence-corrected chi connectivity index (χ1v) is 7.62. The quantitative estimate of drug-likeness (QED) is 0.821. The van der Waals surface area contributed by atoms with E-state index in [0.717, 1.165) is 24.8 Å². The largest absolute Gasteiger partial charge is 0.348 e. The third kappa shape index (κ3) is 3.73. The number of carbonyl (C=O) groups excluding carboxylic acids is 1. The highest BCUT2D eigenvalue weighted by atomic mass is 35.5. The second kappa shape index (κ2) is 6.42. The number of benzene rings is 1. The van der Waals surface area contributed by atoms with Crippen molar-refractivity contribution < 1.29 is 4.79 Å². The van der Waals surface area contributed by atoms with Crippen molar-refractivity contribution in [3.8, 4) is 0 Å². The van der Waals surface area contributed by atoms with Gasteiger partial charge in [-0.15, -0.1) is 11.6 Å². The molecule has 3 heteroatoms. The summed E-state index contributed by atoms with van der Waals surface area (Å²) in [6.07, 6.45) is 4.37. The molecule has 1 atom stereocenters. The molecule has 0 aliphatic heterocycles.